The molecule has 1 aliphatic heterocycles. The highest BCUT2D eigenvalue weighted by molar-refractivity contribution is 7.89. The SMILES string of the molecule is CC(NC(=O)c1cccc(S(=O)(=O)NCC2CC2)c1)c1ccc2c(c1)OCCO2. The second-order valence-electron chi connectivity index (χ2n) is 7.42. The predicted octanol–water partition coefficient (Wildman–Crippen LogP) is 2.64. The van der Waals surface area contributed by atoms with Gasteiger partial charge in [0.25, 0.3) is 5.91 Å². The lowest BCUT2D eigenvalue weighted by Crippen LogP contribution is -2.28. The van der Waals surface area contributed by atoms with Crippen molar-refractivity contribution in [1.82, 2.24) is 10.0 Å². The molecule has 2 aromatic rings. The number of hydrogen-bond donors (Lipinski definition) is 2. The normalized spacial score (nSPS) is 16.9. The third-order valence-electron chi connectivity index (χ3n) is 5.08. The third kappa shape index (κ3) is 4.71. The van der Waals surface area contributed by atoms with Crippen molar-refractivity contribution < 1.29 is 22.7 Å². The highest BCUT2D eigenvalue weighted by atomic mass is 32.2. The van der Waals surface area contributed by atoms with Crippen LogP contribution in [0.4, 0.5) is 0 Å². The number of benzene rings is 2. The highest BCUT2D eigenvalue weighted by Gasteiger charge is 2.25. The van der Waals surface area contributed by atoms with Gasteiger partial charge in [0.2, 0.25) is 10.0 Å². The summed E-state index contributed by atoms with van der Waals surface area (Å²) in [5, 5.41) is 2.91. The molecule has 0 spiro atoms. The lowest BCUT2D eigenvalue weighted by molar-refractivity contribution is 0.0939. The first-order chi connectivity index (χ1) is 13.9. The topological polar surface area (TPSA) is 93.7 Å². The average molecular weight is 416 g/mol. The maximum Gasteiger partial charge on any atom is 0.251 e. The zero-order valence-electron chi connectivity index (χ0n) is 16.2. The molecule has 2 aromatic carbocycles. The maximum absolute atomic E-state index is 12.7. The smallest absolute Gasteiger partial charge is 0.251 e. The molecular formula is C21H24N2O5S. The van der Waals surface area contributed by atoms with E-state index in [4.69, 9.17) is 9.47 Å². The average Bonchev–Trinajstić information content (AvgIpc) is 3.56. The Labute approximate surface area is 170 Å². The summed E-state index contributed by atoms with van der Waals surface area (Å²) in [6, 6.07) is 11.3. The van der Waals surface area contributed by atoms with E-state index >= 15 is 0 Å². The summed E-state index contributed by atoms with van der Waals surface area (Å²) in [5.41, 5.74) is 1.17. The van der Waals surface area contributed by atoms with Gasteiger partial charge in [-0.05, 0) is 61.6 Å². The Hall–Kier alpha value is -2.58. The fourth-order valence-corrected chi connectivity index (χ4v) is 4.29. The minimum atomic E-state index is -3.62. The second-order valence-corrected chi connectivity index (χ2v) is 9.19. The van der Waals surface area contributed by atoms with Crippen molar-refractivity contribution in [2.45, 2.75) is 30.7 Å². The van der Waals surface area contributed by atoms with Gasteiger partial charge in [-0.15, -0.1) is 0 Å². The Bertz CT molecular complexity index is 1020. The van der Waals surface area contributed by atoms with Crippen molar-refractivity contribution in [2.24, 2.45) is 5.92 Å². The molecule has 1 atom stereocenters. The molecule has 1 fully saturated rings. The fourth-order valence-electron chi connectivity index (χ4n) is 3.13. The van der Waals surface area contributed by atoms with Crippen LogP contribution in [0.1, 0.15) is 41.7 Å². The van der Waals surface area contributed by atoms with E-state index < -0.39 is 10.0 Å². The molecule has 2 aliphatic rings. The number of fused-ring (bicyclic) bond motifs is 1. The number of sulfonamides is 1. The van der Waals surface area contributed by atoms with Crippen LogP contribution in [0.25, 0.3) is 0 Å². The molecule has 1 unspecified atom stereocenters. The summed E-state index contributed by atoms with van der Waals surface area (Å²) in [7, 11) is -3.62. The van der Waals surface area contributed by atoms with Gasteiger partial charge in [0.05, 0.1) is 10.9 Å². The highest BCUT2D eigenvalue weighted by Crippen LogP contribution is 2.32. The Morgan fingerprint density at radius 3 is 2.62 bits per heavy atom. The molecule has 7 nitrogen and oxygen atoms in total. The largest absolute Gasteiger partial charge is 0.486 e. The van der Waals surface area contributed by atoms with Crippen LogP contribution in [0.15, 0.2) is 47.4 Å². The van der Waals surface area contributed by atoms with Crippen LogP contribution in [0.2, 0.25) is 0 Å². The number of carbonyl (C=O) groups is 1. The molecule has 1 heterocycles. The number of rotatable bonds is 7. The van der Waals surface area contributed by atoms with Crippen LogP contribution in [0.3, 0.4) is 0 Å². The lowest BCUT2D eigenvalue weighted by atomic mass is 10.1. The molecule has 0 radical (unpaired) electrons. The van der Waals surface area contributed by atoms with Gasteiger partial charge in [0.1, 0.15) is 13.2 Å². The quantitative estimate of drug-likeness (QED) is 0.724. The number of ether oxygens (including phenoxy) is 2. The molecule has 154 valence electrons. The standard InChI is InChI=1S/C21H24N2O5S/c1-14(16-7-8-19-20(12-16)28-10-9-27-19)23-21(24)17-3-2-4-18(11-17)29(25,26)22-13-15-5-6-15/h2-4,7-8,11-12,14-15,22H,5-6,9-10,13H2,1H3,(H,23,24). The molecule has 4 rings (SSSR count). The van der Waals surface area contributed by atoms with Crippen molar-refractivity contribution in [2.75, 3.05) is 19.8 Å². The van der Waals surface area contributed by atoms with E-state index in [1.165, 1.54) is 12.1 Å². The van der Waals surface area contributed by atoms with E-state index in [9.17, 15) is 13.2 Å². The fraction of sp³-hybridized carbons (Fsp3) is 0.381. The number of carbonyl (C=O) groups excluding carboxylic acids is 1. The minimum absolute atomic E-state index is 0.0952. The Kier molecular flexibility index (Phi) is 5.47. The van der Waals surface area contributed by atoms with Gasteiger partial charge in [-0.3, -0.25) is 4.79 Å². The van der Waals surface area contributed by atoms with Crippen LogP contribution in [-0.2, 0) is 10.0 Å². The zero-order chi connectivity index (χ0) is 20.4. The molecule has 0 bridgehead atoms. The van der Waals surface area contributed by atoms with Crippen molar-refractivity contribution >= 4 is 15.9 Å². The first-order valence-electron chi connectivity index (χ1n) is 9.72. The van der Waals surface area contributed by atoms with Crippen LogP contribution in [-0.4, -0.2) is 34.1 Å². The van der Waals surface area contributed by atoms with Crippen molar-refractivity contribution in [3.8, 4) is 11.5 Å². The Morgan fingerprint density at radius 1 is 1.10 bits per heavy atom. The molecule has 8 heteroatoms. The van der Waals surface area contributed by atoms with Gasteiger partial charge in [-0.1, -0.05) is 12.1 Å². The van der Waals surface area contributed by atoms with E-state index in [-0.39, 0.29) is 16.8 Å². The third-order valence-corrected chi connectivity index (χ3v) is 6.50. The van der Waals surface area contributed by atoms with E-state index in [2.05, 4.69) is 10.0 Å². The van der Waals surface area contributed by atoms with E-state index in [0.717, 1.165) is 18.4 Å². The van der Waals surface area contributed by atoms with Gasteiger partial charge < -0.3 is 14.8 Å². The summed E-state index contributed by atoms with van der Waals surface area (Å²) >= 11 is 0. The van der Waals surface area contributed by atoms with Crippen molar-refractivity contribution in [1.29, 1.82) is 0 Å². The number of hydrogen-bond acceptors (Lipinski definition) is 5. The molecule has 1 saturated carbocycles. The minimum Gasteiger partial charge on any atom is -0.486 e. The van der Waals surface area contributed by atoms with Gasteiger partial charge in [0, 0.05) is 12.1 Å². The molecule has 29 heavy (non-hydrogen) atoms. The summed E-state index contributed by atoms with van der Waals surface area (Å²) in [4.78, 5) is 12.8. The zero-order valence-corrected chi connectivity index (χ0v) is 17.0. The van der Waals surface area contributed by atoms with Crippen molar-refractivity contribution in [3.05, 3.63) is 53.6 Å². The van der Waals surface area contributed by atoms with Crippen LogP contribution < -0.4 is 19.5 Å². The molecule has 0 saturated heterocycles. The van der Waals surface area contributed by atoms with Gasteiger partial charge in [0.15, 0.2) is 11.5 Å². The van der Waals surface area contributed by atoms with Gasteiger partial charge in [-0.2, -0.15) is 0 Å². The molecule has 1 aliphatic carbocycles. The van der Waals surface area contributed by atoms with Gasteiger partial charge in [-0.25, -0.2) is 13.1 Å². The summed E-state index contributed by atoms with van der Waals surface area (Å²) < 4.78 is 38.6. The first-order valence-corrected chi connectivity index (χ1v) is 11.2. The maximum atomic E-state index is 12.7. The predicted molar refractivity (Wildman–Crippen MR) is 108 cm³/mol. The van der Waals surface area contributed by atoms with Crippen molar-refractivity contribution in [3.63, 3.8) is 0 Å². The van der Waals surface area contributed by atoms with Crippen LogP contribution >= 0.6 is 0 Å². The Balaban J connectivity index is 1.45. The molecule has 1 amide bonds. The Morgan fingerprint density at radius 2 is 1.86 bits per heavy atom. The summed E-state index contributed by atoms with van der Waals surface area (Å²) in [6.45, 7) is 3.32. The van der Waals surface area contributed by atoms with E-state index in [0.29, 0.717) is 42.7 Å². The van der Waals surface area contributed by atoms with Gasteiger partial charge >= 0.3 is 0 Å². The molecule has 0 aromatic heterocycles. The summed E-state index contributed by atoms with van der Waals surface area (Å²) in [5.74, 6) is 1.44. The summed E-state index contributed by atoms with van der Waals surface area (Å²) in [6.07, 6.45) is 2.12. The second kappa shape index (κ2) is 8.04. The van der Waals surface area contributed by atoms with Crippen LogP contribution in [0.5, 0.6) is 11.5 Å². The molecule has 2 N–H and O–H groups in total. The lowest BCUT2D eigenvalue weighted by Gasteiger charge is -2.21. The van der Waals surface area contributed by atoms with E-state index in [1.54, 1.807) is 12.1 Å². The van der Waals surface area contributed by atoms with E-state index in [1.807, 2.05) is 25.1 Å². The molecular weight excluding hydrogens is 392 g/mol. The number of amides is 1. The number of nitrogens with one attached hydrogen (secondary N) is 2. The van der Waals surface area contributed by atoms with Crippen LogP contribution in [0, 0.1) is 5.92 Å². The first kappa shape index (κ1) is 19.7. The monoisotopic (exact) mass is 416 g/mol.